The molecule has 1 fully saturated rings. The average Bonchev–Trinajstić information content (AvgIpc) is 2.91. The van der Waals surface area contributed by atoms with Crippen LogP contribution in [0.4, 0.5) is 4.79 Å². The maximum atomic E-state index is 13.3. The monoisotopic (exact) mass is 531 g/mol. The minimum absolute atomic E-state index is 0.142. The zero-order valence-electron chi connectivity index (χ0n) is 21.9. The molecule has 1 saturated heterocycles. The van der Waals surface area contributed by atoms with E-state index < -0.39 is 6.09 Å². The minimum atomic E-state index is -0.502. The highest BCUT2D eigenvalue weighted by molar-refractivity contribution is 6.30. The first-order valence-corrected chi connectivity index (χ1v) is 13.1. The largest absolute Gasteiger partial charge is 0.453 e. The summed E-state index contributed by atoms with van der Waals surface area (Å²) in [5.41, 5.74) is 4.31. The predicted molar refractivity (Wildman–Crippen MR) is 145 cm³/mol. The average molecular weight is 532 g/mol. The Labute approximate surface area is 224 Å². The van der Waals surface area contributed by atoms with E-state index in [1.54, 1.807) is 0 Å². The van der Waals surface area contributed by atoms with Crippen LogP contribution in [0.25, 0.3) is 11.1 Å². The van der Waals surface area contributed by atoms with Crippen molar-refractivity contribution in [1.82, 2.24) is 16.0 Å². The van der Waals surface area contributed by atoms with Gasteiger partial charge in [0.15, 0.2) is 0 Å². The maximum absolute atomic E-state index is 13.3. The van der Waals surface area contributed by atoms with Crippen molar-refractivity contribution in [1.29, 1.82) is 0 Å². The Bertz CT molecular complexity index is 1040. The Hall–Kier alpha value is -2.65. The van der Waals surface area contributed by atoms with Crippen molar-refractivity contribution in [2.24, 2.45) is 5.92 Å². The number of alkyl carbamates (subject to hydrolysis) is 1. The molecule has 3 rings (SSSR count). The van der Waals surface area contributed by atoms with E-state index in [-0.39, 0.29) is 11.9 Å². The standard InChI is InChI=1S/C28H38ClN3O5/c1-19-23(18-37-11-9-31-28(34)35-3)13-22(15-26(19)21-7-4-8-24(29)14-21)27(33)32-16-25(30-2)12-20-6-5-10-36-17-20/h4,7-8,13-15,20,25,30H,5-6,9-12,16-18H2,1-3H3,(H,31,34)(H,32,33)/t20-,25+/m1/s1. The van der Waals surface area contributed by atoms with E-state index in [0.29, 0.717) is 42.8 Å². The van der Waals surface area contributed by atoms with E-state index in [0.717, 1.165) is 54.7 Å². The van der Waals surface area contributed by atoms with Crippen molar-refractivity contribution < 1.29 is 23.8 Å². The van der Waals surface area contributed by atoms with Crippen LogP contribution in [0, 0.1) is 12.8 Å². The van der Waals surface area contributed by atoms with E-state index in [1.807, 2.05) is 50.4 Å². The molecule has 0 bridgehead atoms. The number of likely N-dealkylation sites (N-methyl/N-ethyl adjacent to an activating group) is 1. The fourth-order valence-corrected chi connectivity index (χ4v) is 4.70. The van der Waals surface area contributed by atoms with E-state index >= 15 is 0 Å². The lowest BCUT2D eigenvalue weighted by atomic mass is 9.93. The number of rotatable bonds is 12. The SMILES string of the molecule is CN[C@H](CNC(=O)c1cc(COCCNC(=O)OC)c(C)c(-c2cccc(Cl)c2)c1)C[C@H]1CCCOC1. The number of hydrogen-bond acceptors (Lipinski definition) is 6. The normalized spacial score (nSPS) is 16.2. The van der Waals surface area contributed by atoms with Crippen LogP contribution < -0.4 is 16.0 Å². The number of carbonyl (C=O) groups is 2. The van der Waals surface area contributed by atoms with Crippen LogP contribution in [0.15, 0.2) is 36.4 Å². The molecule has 8 nitrogen and oxygen atoms in total. The van der Waals surface area contributed by atoms with E-state index in [1.165, 1.54) is 7.11 Å². The van der Waals surface area contributed by atoms with Crippen LogP contribution in [0.2, 0.25) is 5.02 Å². The van der Waals surface area contributed by atoms with Gasteiger partial charge in [-0.1, -0.05) is 23.7 Å². The van der Waals surface area contributed by atoms with Crippen LogP contribution in [0.1, 0.15) is 40.7 Å². The molecule has 9 heteroatoms. The molecular formula is C28H38ClN3O5. The van der Waals surface area contributed by atoms with Gasteiger partial charge in [0.05, 0.1) is 20.3 Å². The van der Waals surface area contributed by atoms with Crippen LogP contribution in [-0.2, 0) is 20.8 Å². The van der Waals surface area contributed by atoms with Crippen molar-refractivity contribution in [2.75, 3.05) is 47.1 Å². The molecule has 0 radical (unpaired) electrons. The lowest BCUT2D eigenvalue weighted by Gasteiger charge is -2.26. The molecule has 0 aromatic heterocycles. The Morgan fingerprint density at radius 3 is 2.76 bits per heavy atom. The highest BCUT2D eigenvalue weighted by atomic mass is 35.5. The summed E-state index contributed by atoms with van der Waals surface area (Å²) in [6.07, 6.45) is 2.70. The van der Waals surface area contributed by atoms with E-state index in [9.17, 15) is 9.59 Å². The third kappa shape index (κ3) is 9.00. The molecule has 2 atom stereocenters. The first-order chi connectivity index (χ1) is 17.9. The molecule has 202 valence electrons. The Kier molecular flexibility index (Phi) is 11.7. The maximum Gasteiger partial charge on any atom is 0.406 e. The molecule has 2 amide bonds. The molecule has 0 spiro atoms. The Morgan fingerprint density at radius 2 is 2.05 bits per heavy atom. The predicted octanol–water partition coefficient (Wildman–Crippen LogP) is 4.32. The molecule has 1 aliphatic rings. The third-order valence-electron chi connectivity index (χ3n) is 6.66. The van der Waals surface area contributed by atoms with Crippen molar-refractivity contribution >= 4 is 23.6 Å². The van der Waals surface area contributed by atoms with Gasteiger partial charge in [0.25, 0.3) is 5.91 Å². The van der Waals surface area contributed by atoms with Crippen LogP contribution in [0.3, 0.4) is 0 Å². The second-order valence-electron chi connectivity index (χ2n) is 9.30. The van der Waals surface area contributed by atoms with Gasteiger partial charge in [0, 0.05) is 42.9 Å². The minimum Gasteiger partial charge on any atom is -0.453 e. The second-order valence-corrected chi connectivity index (χ2v) is 9.74. The molecule has 0 saturated carbocycles. The first kappa shape index (κ1) is 28.9. The molecular weight excluding hydrogens is 494 g/mol. The number of nitrogens with one attached hydrogen (secondary N) is 3. The summed E-state index contributed by atoms with van der Waals surface area (Å²) in [6, 6.07) is 11.5. The summed E-state index contributed by atoms with van der Waals surface area (Å²) in [4.78, 5) is 24.5. The number of amides is 2. The summed E-state index contributed by atoms with van der Waals surface area (Å²) in [6.45, 7) is 5.09. The van der Waals surface area contributed by atoms with Gasteiger partial charge in [-0.3, -0.25) is 4.79 Å². The Morgan fingerprint density at radius 1 is 1.22 bits per heavy atom. The second kappa shape index (κ2) is 14.9. The van der Waals surface area contributed by atoms with Crippen molar-refractivity contribution in [2.45, 2.75) is 38.8 Å². The van der Waals surface area contributed by atoms with Crippen LogP contribution in [-0.4, -0.2) is 65.1 Å². The highest BCUT2D eigenvalue weighted by Crippen LogP contribution is 2.30. The van der Waals surface area contributed by atoms with Gasteiger partial charge in [-0.05, 0) is 85.7 Å². The smallest absolute Gasteiger partial charge is 0.406 e. The van der Waals surface area contributed by atoms with Crippen molar-refractivity contribution in [3.05, 3.63) is 58.1 Å². The molecule has 3 N–H and O–H groups in total. The third-order valence-corrected chi connectivity index (χ3v) is 6.90. The van der Waals surface area contributed by atoms with Gasteiger partial charge < -0.3 is 30.2 Å². The number of halogens is 1. The fourth-order valence-electron chi connectivity index (χ4n) is 4.51. The zero-order chi connectivity index (χ0) is 26.6. The van der Waals surface area contributed by atoms with E-state index in [4.69, 9.17) is 21.1 Å². The van der Waals surface area contributed by atoms with Gasteiger partial charge in [-0.25, -0.2) is 4.79 Å². The zero-order valence-corrected chi connectivity index (χ0v) is 22.7. The van der Waals surface area contributed by atoms with Gasteiger partial charge in [0.1, 0.15) is 0 Å². The quantitative estimate of drug-likeness (QED) is 0.353. The molecule has 2 aromatic rings. The molecule has 0 aliphatic carbocycles. The summed E-state index contributed by atoms with van der Waals surface area (Å²) in [5, 5.41) is 9.65. The van der Waals surface area contributed by atoms with Gasteiger partial charge >= 0.3 is 6.09 Å². The van der Waals surface area contributed by atoms with Gasteiger partial charge in [-0.15, -0.1) is 0 Å². The Balaban J connectivity index is 1.73. The van der Waals surface area contributed by atoms with Crippen LogP contribution in [0.5, 0.6) is 0 Å². The van der Waals surface area contributed by atoms with Crippen LogP contribution >= 0.6 is 11.6 Å². The topological polar surface area (TPSA) is 97.9 Å². The number of ether oxygens (including phenoxy) is 3. The molecule has 1 aliphatic heterocycles. The first-order valence-electron chi connectivity index (χ1n) is 12.7. The van der Waals surface area contributed by atoms with Gasteiger partial charge in [0.2, 0.25) is 0 Å². The van der Waals surface area contributed by atoms with Crippen molar-refractivity contribution in [3.63, 3.8) is 0 Å². The number of hydrogen-bond donors (Lipinski definition) is 3. The highest BCUT2D eigenvalue weighted by Gasteiger charge is 2.20. The number of methoxy groups -OCH3 is 1. The van der Waals surface area contributed by atoms with E-state index in [2.05, 4.69) is 20.7 Å². The van der Waals surface area contributed by atoms with Gasteiger partial charge in [-0.2, -0.15) is 0 Å². The number of carbonyl (C=O) groups excluding carboxylic acids is 2. The summed E-state index contributed by atoms with van der Waals surface area (Å²) in [5.74, 6) is 0.367. The fraction of sp³-hybridized carbons (Fsp3) is 0.500. The van der Waals surface area contributed by atoms with Crippen molar-refractivity contribution in [3.8, 4) is 11.1 Å². The summed E-state index contributed by atoms with van der Waals surface area (Å²) in [7, 11) is 3.24. The summed E-state index contributed by atoms with van der Waals surface area (Å²) < 4.78 is 16.0. The lowest BCUT2D eigenvalue weighted by Crippen LogP contribution is -2.41. The molecule has 37 heavy (non-hydrogen) atoms. The molecule has 0 unspecified atom stereocenters. The molecule has 1 heterocycles. The summed E-state index contributed by atoms with van der Waals surface area (Å²) >= 11 is 6.26. The molecule has 2 aromatic carbocycles. The lowest BCUT2D eigenvalue weighted by molar-refractivity contribution is 0.0478. The number of benzene rings is 2.